The van der Waals surface area contributed by atoms with Crippen LogP contribution in [0, 0.1) is 0 Å². The minimum absolute atomic E-state index is 0.626. The second kappa shape index (κ2) is 7.72. The highest BCUT2D eigenvalue weighted by Gasteiger charge is 2.07. The first-order chi connectivity index (χ1) is 9.40. The van der Waals surface area contributed by atoms with Gasteiger partial charge in [-0.3, -0.25) is 0 Å². The number of aryl methyl sites for hydroxylation is 1. The van der Waals surface area contributed by atoms with E-state index in [0.717, 1.165) is 24.2 Å². The van der Waals surface area contributed by atoms with Crippen molar-refractivity contribution in [2.75, 3.05) is 0 Å². The molecule has 0 aliphatic carbocycles. The standard InChI is InChI=1S/C16H22N2O/c1-2-3-4-5-6-10-13-15-17-16(19-18-15)14-11-8-7-9-12-14/h7-9,11-12H,2-6,10,13H2,1H3. The Morgan fingerprint density at radius 3 is 2.47 bits per heavy atom. The fraction of sp³-hybridized carbons (Fsp3) is 0.500. The van der Waals surface area contributed by atoms with Crippen LogP contribution in [-0.2, 0) is 6.42 Å². The Bertz CT molecular complexity index is 465. The molecule has 0 bridgehead atoms. The van der Waals surface area contributed by atoms with Gasteiger partial charge in [0, 0.05) is 12.0 Å². The molecule has 0 fully saturated rings. The summed E-state index contributed by atoms with van der Waals surface area (Å²) in [6, 6.07) is 9.92. The molecule has 0 N–H and O–H groups in total. The monoisotopic (exact) mass is 258 g/mol. The van der Waals surface area contributed by atoms with Crippen LogP contribution >= 0.6 is 0 Å². The summed E-state index contributed by atoms with van der Waals surface area (Å²) >= 11 is 0. The van der Waals surface area contributed by atoms with E-state index in [1.165, 1.54) is 32.1 Å². The molecule has 1 aromatic heterocycles. The van der Waals surface area contributed by atoms with Crippen molar-refractivity contribution in [3.05, 3.63) is 36.2 Å². The minimum Gasteiger partial charge on any atom is -0.334 e. The molecule has 0 spiro atoms. The third-order valence-corrected chi connectivity index (χ3v) is 3.24. The summed E-state index contributed by atoms with van der Waals surface area (Å²) in [6.45, 7) is 2.24. The number of rotatable bonds is 8. The number of nitrogens with zero attached hydrogens (tertiary/aromatic N) is 2. The summed E-state index contributed by atoms with van der Waals surface area (Å²) in [5.41, 5.74) is 0.990. The van der Waals surface area contributed by atoms with Crippen LogP contribution in [0.25, 0.3) is 11.5 Å². The molecule has 1 aromatic carbocycles. The summed E-state index contributed by atoms with van der Waals surface area (Å²) in [4.78, 5) is 4.44. The zero-order valence-electron chi connectivity index (χ0n) is 11.6. The van der Waals surface area contributed by atoms with Crippen molar-refractivity contribution in [3.8, 4) is 11.5 Å². The summed E-state index contributed by atoms with van der Waals surface area (Å²) in [5, 5.41) is 4.04. The number of unbranched alkanes of at least 4 members (excludes halogenated alkanes) is 5. The van der Waals surface area contributed by atoms with Crippen molar-refractivity contribution in [2.45, 2.75) is 51.9 Å². The van der Waals surface area contributed by atoms with Gasteiger partial charge in [0.15, 0.2) is 5.82 Å². The van der Waals surface area contributed by atoms with Crippen LogP contribution < -0.4 is 0 Å². The zero-order chi connectivity index (χ0) is 13.3. The molecule has 0 radical (unpaired) electrons. The predicted molar refractivity (Wildman–Crippen MR) is 76.8 cm³/mol. The van der Waals surface area contributed by atoms with Crippen LogP contribution in [0.5, 0.6) is 0 Å². The number of benzene rings is 1. The van der Waals surface area contributed by atoms with Gasteiger partial charge in [0.05, 0.1) is 0 Å². The van der Waals surface area contributed by atoms with E-state index in [2.05, 4.69) is 17.1 Å². The summed E-state index contributed by atoms with van der Waals surface area (Å²) in [7, 11) is 0. The van der Waals surface area contributed by atoms with Gasteiger partial charge >= 0.3 is 0 Å². The van der Waals surface area contributed by atoms with E-state index in [1.807, 2.05) is 30.3 Å². The minimum atomic E-state index is 0.626. The average Bonchev–Trinajstić information content (AvgIpc) is 2.92. The molecule has 3 nitrogen and oxygen atoms in total. The molecule has 2 rings (SSSR count). The van der Waals surface area contributed by atoms with Gasteiger partial charge in [-0.2, -0.15) is 4.98 Å². The lowest BCUT2D eigenvalue weighted by atomic mass is 10.1. The topological polar surface area (TPSA) is 38.9 Å². The lowest BCUT2D eigenvalue weighted by molar-refractivity contribution is 0.421. The molecular weight excluding hydrogens is 236 g/mol. The molecule has 0 aliphatic heterocycles. The summed E-state index contributed by atoms with van der Waals surface area (Å²) in [6.07, 6.45) is 8.63. The molecule has 0 saturated heterocycles. The van der Waals surface area contributed by atoms with E-state index in [9.17, 15) is 0 Å². The highest BCUT2D eigenvalue weighted by atomic mass is 16.5. The van der Waals surface area contributed by atoms with Crippen molar-refractivity contribution in [2.24, 2.45) is 0 Å². The van der Waals surface area contributed by atoms with Crippen molar-refractivity contribution >= 4 is 0 Å². The first-order valence-corrected chi connectivity index (χ1v) is 7.28. The van der Waals surface area contributed by atoms with Crippen LogP contribution in [0.1, 0.15) is 51.3 Å². The number of hydrogen-bond donors (Lipinski definition) is 0. The molecule has 0 unspecified atom stereocenters. The Hall–Kier alpha value is -1.64. The van der Waals surface area contributed by atoms with Gasteiger partial charge in [-0.1, -0.05) is 62.4 Å². The third kappa shape index (κ3) is 4.51. The maximum atomic E-state index is 5.29. The second-order valence-corrected chi connectivity index (χ2v) is 4.90. The largest absolute Gasteiger partial charge is 0.334 e. The van der Waals surface area contributed by atoms with Crippen molar-refractivity contribution in [3.63, 3.8) is 0 Å². The highest BCUT2D eigenvalue weighted by molar-refractivity contribution is 5.51. The zero-order valence-corrected chi connectivity index (χ0v) is 11.6. The van der Waals surface area contributed by atoms with Gasteiger partial charge in [0.2, 0.25) is 0 Å². The third-order valence-electron chi connectivity index (χ3n) is 3.24. The van der Waals surface area contributed by atoms with Crippen LogP contribution in [0.15, 0.2) is 34.9 Å². The number of aromatic nitrogens is 2. The summed E-state index contributed by atoms with van der Waals surface area (Å²) in [5.74, 6) is 1.45. The van der Waals surface area contributed by atoms with E-state index < -0.39 is 0 Å². The fourth-order valence-electron chi connectivity index (χ4n) is 2.12. The molecule has 102 valence electrons. The molecule has 2 aromatic rings. The summed E-state index contributed by atoms with van der Waals surface area (Å²) < 4.78 is 5.29. The molecule has 19 heavy (non-hydrogen) atoms. The molecule has 1 heterocycles. The van der Waals surface area contributed by atoms with Gasteiger partial charge < -0.3 is 4.52 Å². The van der Waals surface area contributed by atoms with Crippen LogP contribution in [-0.4, -0.2) is 10.1 Å². The number of hydrogen-bond acceptors (Lipinski definition) is 3. The maximum Gasteiger partial charge on any atom is 0.257 e. The van der Waals surface area contributed by atoms with Crippen molar-refractivity contribution in [1.29, 1.82) is 0 Å². The van der Waals surface area contributed by atoms with Gasteiger partial charge in [0.1, 0.15) is 0 Å². The van der Waals surface area contributed by atoms with Crippen molar-refractivity contribution < 1.29 is 4.52 Å². The van der Waals surface area contributed by atoms with Crippen LogP contribution in [0.2, 0.25) is 0 Å². The molecule has 3 heteroatoms. The first kappa shape index (κ1) is 13.8. The SMILES string of the molecule is CCCCCCCCc1noc(-c2ccccc2)n1. The lowest BCUT2D eigenvalue weighted by Crippen LogP contribution is -1.89. The molecule has 0 atom stereocenters. The fourth-order valence-corrected chi connectivity index (χ4v) is 2.12. The Labute approximate surface area is 115 Å². The Kier molecular flexibility index (Phi) is 5.60. The van der Waals surface area contributed by atoms with Gasteiger partial charge in [-0.05, 0) is 18.6 Å². The lowest BCUT2D eigenvalue weighted by Gasteiger charge is -1.97. The average molecular weight is 258 g/mol. The quantitative estimate of drug-likeness (QED) is 0.647. The second-order valence-electron chi connectivity index (χ2n) is 4.90. The van der Waals surface area contributed by atoms with Crippen LogP contribution in [0.4, 0.5) is 0 Å². The van der Waals surface area contributed by atoms with E-state index in [-0.39, 0.29) is 0 Å². The predicted octanol–water partition coefficient (Wildman–Crippen LogP) is 4.64. The Morgan fingerprint density at radius 1 is 0.947 bits per heavy atom. The smallest absolute Gasteiger partial charge is 0.257 e. The van der Waals surface area contributed by atoms with Gasteiger partial charge in [-0.25, -0.2) is 0 Å². The maximum absolute atomic E-state index is 5.29. The van der Waals surface area contributed by atoms with Crippen molar-refractivity contribution in [1.82, 2.24) is 10.1 Å². The molecular formula is C16H22N2O. The molecule has 0 saturated carbocycles. The van der Waals surface area contributed by atoms with E-state index in [0.29, 0.717) is 5.89 Å². The normalized spacial score (nSPS) is 10.8. The first-order valence-electron chi connectivity index (χ1n) is 7.28. The molecule has 0 aliphatic rings. The van der Waals surface area contributed by atoms with E-state index in [4.69, 9.17) is 4.52 Å². The van der Waals surface area contributed by atoms with Gasteiger partial charge in [-0.15, -0.1) is 0 Å². The Morgan fingerprint density at radius 2 is 1.68 bits per heavy atom. The van der Waals surface area contributed by atoms with E-state index in [1.54, 1.807) is 0 Å². The van der Waals surface area contributed by atoms with Gasteiger partial charge in [0.25, 0.3) is 5.89 Å². The van der Waals surface area contributed by atoms with E-state index >= 15 is 0 Å². The Balaban J connectivity index is 1.75. The highest BCUT2D eigenvalue weighted by Crippen LogP contribution is 2.17. The molecule has 0 amide bonds. The van der Waals surface area contributed by atoms with Crippen LogP contribution in [0.3, 0.4) is 0 Å².